The van der Waals surface area contributed by atoms with Crippen LogP contribution < -0.4 is 10.2 Å². The molecular weight excluding hydrogens is 458 g/mol. The van der Waals surface area contributed by atoms with E-state index < -0.39 is 6.04 Å². The van der Waals surface area contributed by atoms with Crippen molar-refractivity contribution in [2.45, 2.75) is 57.2 Å². The number of hydrogen-bond donors (Lipinski definition) is 1. The molecule has 0 saturated carbocycles. The van der Waals surface area contributed by atoms with E-state index in [2.05, 4.69) is 29.8 Å². The van der Waals surface area contributed by atoms with Crippen LogP contribution in [0.2, 0.25) is 0 Å². The van der Waals surface area contributed by atoms with Crippen molar-refractivity contribution in [2.75, 3.05) is 23.8 Å². The van der Waals surface area contributed by atoms with Crippen molar-refractivity contribution in [1.29, 1.82) is 0 Å². The summed E-state index contributed by atoms with van der Waals surface area (Å²) < 4.78 is 7.72. The van der Waals surface area contributed by atoms with Crippen molar-refractivity contribution in [3.63, 3.8) is 0 Å². The summed E-state index contributed by atoms with van der Waals surface area (Å²) in [6.07, 6.45) is 0.870. The number of para-hydroxylation sites is 1. The predicted molar refractivity (Wildman–Crippen MR) is 143 cm³/mol. The number of thioether (sulfide) groups is 1. The number of ether oxygens (including phenoxy) is 1. The minimum Gasteiger partial charge on any atom is -0.379 e. The minimum atomic E-state index is -0.755. The number of aryl methyl sites for hydroxylation is 1. The first-order chi connectivity index (χ1) is 16.8. The maximum absolute atomic E-state index is 13.8. The molecule has 1 aliphatic rings. The first kappa shape index (κ1) is 25.3. The average Bonchev–Trinajstić information content (AvgIpc) is 3.01. The number of aromatic nitrogens is 1. The van der Waals surface area contributed by atoms with Gasteiger partial charge in [0.05, 0.1) is 16.9 Å². The van der Waals surface area contributed by atoms with Crippen molar-refractivity contribution < 1.29 is 14.3 Å². The first-order valence-corrected chi connectivity index (χ1v) is 13.3. The molecule has 6 nitrogen and oxygen atoms in total. The molecule has 35 heavy (non-hydrogen) atoms. The first-order valence-electron chi connectivity index (χ1n) is 12.3. The fourth-order valence-electron chi connectivity index (χ4n) is 4.57. The van der Waals surface area contributed by atoms with Crippen molar-refractivity contribution in [3.05, 3.63) is 59.7 Å². The van der Waals surface area contributed by atoms with Crippen LogP contribution in [0.3, 0.4) is 0 Å². The molecule has 1 aliphatic heterocycles. The van der Waals surface area contributed by atoms with E-state index in [1.165, 1.54) is 17.3 Å². The quantitative estimate of drug-likeness (QED) is 0.426. The van der Waals surface area contributed by atoms with Crippen LogP contribution in [-0.4, -0.2) is 41.4 Å². The van der Waals surface area contributed by atoms with E-state index >= 15 is 0 Å². The van der Waals surface area contributed by atoms with Gasteiger partial charge in [-0.25, -0.2) is 0 Å². The number of hydrogen-bond acceptors (Lipinski definition) is 4. The summed E-state index contributed by atoms with van der Waals surface area (Å²) in [5, 5.41) is 5.05. The van der Waals surface area contributed by atoms with Gasteiger partial charge < -0.3 is 14.6 Å². The molecule has 0 unspecified atom stereocenters. The van der Waals surface area contributed by atoms with Gasteiger partial charge in [0.2, 0.25) is 11.8 Å². The van der Waals surface area contributed by atoms with Gasteiger partial charge in [-0.05, 0) is 49.9 Å². The van der Waals surface area contributed by atoms with Gasteiger partial charge >= 0.3 is 0 Å². The van der Waals surface area contributed by atoms with Crippen molar-refractivity contribution in [1.82, 2.24) is 9.88 Å². The molecule has 0 bridgehead atoms. The van der Waals surface area contributed by atoms with E-state index in [0.29, 0.717) is 25.5 Å². The molecule has 2 amide bonds. The molecule has 1 N–H and O–H groups in total. The van der Waals surface area contributed by atoms with Crippen LogP contribution in [0.15, 0.2) is 53.6 Å². The number of benzene rings is 2. The normalized spacial score (nSPS) is 16.1. The van der Waals surface area contributed by atoms with E-state index in [1.54, 1.807) is 4.90 Å². The van der Waals surface area contributed by atoms with Gasteiger partial charge in [0.15, 0.2) is 0 Å². The molecule has 1 atom stereocenters. The molecule has 0 saturated heterocycles. The molecule has 0 spiro atoms. The summed E-state index contributed by atoms with van der Waals surface area (Å²) in [4.78, 5) is 29.0. The highest BCUT2D eigenvalue weighted by molar-refractivity contribution is 8.00. The molecular formula is C28H35N3O3S. The molecule has 3 aromatic rings. The van der Waals surface area contributed by atoms with Crippen molar-refractivity contribution >= 4 is 40.2 Å². The zero-order valence-corrected chi connectivity index (χ0v) is 22.0. The van der Waals surface area contributed by atoms with E-state index in [0.717, 1.165) is 27.2 Å². The number of rotatable bonds is 8. The number of fused-ring (bicyclic) bond motifs is 3. The molecule has 2 aromatic carbocycles. The topological polar surface area (TPSA) is 63.6 Å². The monoisotopic (exact) mass is 493 g/mol. The number of carbonyl (C=O) groups excluding carboxylic acids is 2. The molecule has 1 aromatic heterocycles. The Balaban J connectivity index is 1.76. The Morgan fingerprint density at radius 2 is 1.83 bits per heavy atom. The minimum absolute atomic E-state index is 0.0733. The zero-order valence-electron chi connectivity index (χ0n) is 21.2. The fourth-order valence-corrected chi connectivity index (χ4v) is 5.64. The predicted octanol–water partition coefficient (Wildman–Crippen LogP) is 5.41. The van der Waals surface area contributed by atoms with Gasteiger partial charge in [-0.1, -0.05) is 55.9 Å². The highest BCUT2D eigenvalue weighted by Gasteiger charge is 2.39. The molecule has 186 valence electrons. The van der Waals surface area contributed by atoms with Gasteiger partial charge in [0.25, 0.3) is 0 Å². The number of amides is 2. The third-order valence-corrected chi connectivity index (χ3v) is 7.54. The van der Waals surface area contributed by atoms with Gasteiger partial charge in [-0.15, -0.1) is 0 Å². The Morgan fingerprint density at radius 1 is 1.11 bits per heavy atom. The van der Waals surface area contributed by atoms with Gasteiger partial charge in [-0.3, -0.25) is 14.5 Å². The second-order valence-electron chi connectivity index (χ2n) is 9.56. The van der Waals surface area contributed by atoms with Crippen LogP contribution in [-0.2, 0) is 21.4 Å². The lowest BCUT2D eigenvalue weighted by molar-refractivity contribution is -0.125. The third-order valence-electron chi connectivity index (χ3n) is 6.38. The number of anilines is 1. The SMILES string of the molecule is CC(C)OCCCNC(=O)[C@H]1c2c(n(C)c3ccccc23)SCC(=O)N1c1ccc(C(C)C)cc1. The van der Waals surface area contributed by atoms with Crippen molar-refractivity contribution in [2.24, 2.45) is 7.05 Å². The Kier molecular flexibility index (Phi) is 7.87. The maximum atomic E-state index is 13.8. The Labute approximate surface area is 212 Å². The summed E-state index contributed by atoms with van der Waals surface area (Å²) in [7, 11) is 2.00. The highest BCUT2D eigenvalue weighted by Crippen LogP contribution is 2.43. The van der Waals surface area contributed by atoms with Crippen LogP contribution in [0.1, 0.15) is 57.2 Å². The lowest BCUT2D eigenvalue weighted by atomic mass is 10.00. The standard InChI is InChI=1S/C28H35N3O3S/c1-18(2)20-11-13-21(14-12-20)31-24(32)17-35-28-25(22-9-6-7-10-23(22)30(28)5)26(31)27(33)29-15-8-16-34-19(3)4/h6-7,9-14,18-19,26H,8,15-17H2,1-5H3,(H,29,33)/t26-/m1/s1. The second-order valence-corrected chi connectivity index (χ2v) is 10.5. The summed E-state index contributed by atoms with van der Waals surface area (Å²) >= 11 is 1.50. The van der Waals surface area contributed by atoms with Gasteiger partial charge in [0, 0.05) is 42.4 Å². The molecule has 0 radical (unpaired) electrons. The van der Waals surface area contributed by atoms with E-state index in [1.807, 2.05) is 63.4 Å². The van der Waals surface area contributed by atoms with E-state index in [4.69, 9.17) is 4.74 Å². The molecule has 0 fully saturated rings. The number of carbonyl (C=O) groups is 2. The van der Waals surface area contributed by atoms with Crippen LogP contribution in [0.4, 0.5) is 5.69 Å². The van der Waals surface area contributed by atoms with Gasteiger partial charge in [0.1, 0.15) is 6.04 Å². The van der Waals surface area contributed by atoms with Crippen LogP contribution in [0.25, 0.3) is 10.9 Å². The number of nitrogens with one attached hydrogen (secondary N) is 1. The molecule has 0 aliphatic carbocycles. The van der Waals surface area contributed by atoms with Crippen LogP contribution >= 0.6 is 11.8 Å². The van der Waals surface area contributed by atoms with E-state index in [-0.39, 0.29) is 23.7 Å². The number of nitrogens with zero attached hydrogens (tertiary/aromatic N) is 2. The van der Waals surface area contributed by atoms with E-state index in [9.17, 15) is 9.59 Å². The highest BCUT2D eigenvalue weighted by atomic mass is 32.2. The summed E-state index contributed by atoms with van der Waals surface area (Å²) in [6, 6.07) is 15.4. The summed E-state index contributed by atoms with van der Waals surface area (Å²) in [6.45, 7) is 9.35. The van der Waals surface area contributed by atoms with Crippen molar-refractivity contribution in [3.8, 4) is 0 Å². The van der Waals surface area contributed by atoms with Crippen LogP contribution in [0.5, 0.6) is 0 Å². The fraction of sp³-hybridized carbons (Fsp3) is 0.429. The Hall–Kier alpha value is -2.77. The van der Waals surface area contributed by atoms with Gasteiger partial charge in [-0.2, -0.15) is 0 Å². The second kappa shape index (κ2) is 10.9. The molecule has 7 heteroatoms. The largest absolute Gasteiger partial charge is 0.379 e. The zero-order chi connectivity index (χ0) is 25.1. The maximum Gasteiger partial charge on any atom is 0.247 e. The van der Waals surface area contributed by atoms with Crippen LogP contribution in [0, 0.1) is 0 Å². The molecule has 4 rings (SSSR count). The lowest BCUT2D eigenvalue weighted by Gasteiger charge is -2.30. The summed E-state index contributed by atoms with van der Waals surface area (Å²) in [5.74, 6) is 0.415. The third kappa shape index (κ3) is 5.26. The lowest BCUT2D eigenvalue weighted by Crippen LogP contribution is -2.44. The summed E-state index contributed by atoms with van der Waals surface area (Å²) in [5.41, 5.74) is 3.88. The Morgan fingerprint density at radius 3 is 2.51 bits per heavy atom. The Bertz CT molecular complexity index is 1200. The average molecular weight is 494 g/mol. The smallest absolute Gasteiger partial charge is 0.247 e. The molecule has 2 heterocycles.